The van der Waals surface area contributed by atoms with Crippen molar-refractivity contribution in [3.05, 3.63) is 94.7 Å². The van der Waals surface area contributed by atoms with Crippen molar-refractivity contribution in [1.82, 2.24) is 14.8 Å². The van der Waals surface area contributed by atoms with Gasteiger partial charge in [0, 0.05) is 55.7 Å². The van der Waals surface area contributed by atoms with Gasteiger partial charge >= 0.3 is 0 Å². The zero-order valence-corrected chi connectivity index (χ0v) is 25.7. The van der Waals surface area contributed by atoms with Crippen LogP contribution in [0.25, 0.3) is 11.3 Å². The van der Waals surface area contributed by atoms with Crippen molar-refractivity contribution in [2.24, 2.45) is 0 Å². The third-order valence-corrected chi connectivity index (χ3v) is 9.17. The predicted octanol–water partition coefficient (Wildman–Crippen LogP) is 5.73. The number of nitrogens with one attached hydrogen (secondary N) is 1. The highest BCUT2D eigenvalue weighted by Gasteiger charge is 2.33. The summed E-state index contributed by atoms with van der Waals surface area (Å²) in [6.07, 6.45) is 2.56. The lowest BCUT2D eigenvalue weighted by atomic mass is 9.93. The van der Waals surface area contributed by atoms with Crippen LogP contribution in [0.1, 0.15) is 64.2 Å². The minimum absolute atomic E-state index is 0.0191. The smallest absolute Gasteiger partial charge is 0.260 e. The molecule has 4 aromatic rings. The van der Waals surface area contributed by atoms with Gasteiger partial charge in [0.15, 0.2) is 11.5 Å². The van der Waals surface area contributed by atoms with E-state index in [9.17, 15) is 14.7 Å². The minimum atomic E-state index is -0.109. The fraction of sp³-hybridized carbons (Fsp3) is 0.333. The van der Waals surface area contributed by atoms with Gasteiger partial charge in [0.1, 0.15) is 5.75 Å². The van der Waals surface area contributed by atoms with Crippen LogP contribution in [0.2, 0.25) is 0 Å². The number of carbonyl (C=O) groups excluding carboxylic acids is 2. The van der Waals surface area contributed by atoms with Crippen LogP contribution in [0, 0.1) is 0 Å². The van der Waals surface area contributed by atoms with Crippen molar-refractivity contribution >= 4 is 17.5 Å². The third-order valence-electron chi connectivity index (χ3n) is 9.17. The third kappa shape index (κ3) is 5.31. The number of phenolic OH excluding ortho intramolecular Hbond substituents is 1. The number of aromatic hydroxyl groups is 1. The van der Waals surface area contributed by atoms with Gasteiger partial charge in [-0.25, -0.2) is 0 Å². The zero-order chi connectivity index (χ0) is 31.1. The fourth-order valence-electron chi connectivity index (χ4n) is 6.72. The van der Waals surface area contributed by atoms with Gasteiger partial charge in [-0.3, -0.25) is 9.59 Å². The molecule has 232 valence electrons. The number of unbranched alkanes of at least 4 members (excludes halogenated alkanes) is 1. The molecule has 7 rings (SSSR count). The van der Waals surface area contributed by atoms with Gasteiger partial charge in [-0.05, 0) is 73.4 Å². The maximum atomic E-state index is 14.5. The molecule has 2 amide bonds. The Hall–Kier alpha value is -4.76. The zero-order valence-electron chi connectivity index (χ0n) is 25.7. The number of anilines is 1. The van der Waals surface area contributed by atoms with Gasteiger partial charge in [0.2, 0.25) is 6.79 Å². The Morgan fingerprint density at radius 1 is 1.00 bits per heavy atom. The molecular weight excluding hydrogens is 568 g/mol. The molecule has 0 unspecified atom stereocenters. The molecule has 9 heteroatoms. The molecule has 2 N–H and O–H groups in total. The topological polar surface area (TPSA) is 96.3 Å². The molecule has 3 aliphatic rings. The Morgan fingerprint density at radius 3 is 2.53 bits per heavy atom. The predicted molar refractivity (Wildman–Crippen MR) is 172 cm³/mol. The van der Waals surface area contributed by atoms with Crippen LogP contribution in [-0.2, 0) is 26.1 Å². The van der Waals surface area contributed by atoms with Crippen molar-refractivity contribution in [3.8, 4) is 28.5 Å². The van der Waals surface area contributed by atoms with E-state index in [4.69, 9.17) is 9.47 Å². The monoisotopic (exact) mass is 606 g/mol. The van der Waals surface area contributed by atoms with E-state index < -0.39 is 0 Å². The van der Waals surface area contributed by atoms with E-state index in [1.54, 1.807) is 35.2 Å². The molecule has 45 heavy (non-hydrogen) atoms. The Kier molecular flexibility index (Phi) is 7.71. The van der Waals surface area contributed by atoms with E-state index in [0.717, 1.165) is 54.0 Å². The molecule has 1 atom stereocenters. The van der Waals surface area contributed by atoms with Crippen LogP contribution < -0.4 is 19.7 Å². The number of hydrogen-bond donors (Lipinski definition) is 2. The number of ether oxygens (including phenoxy) is 2. The molecule has 0 fully saturated rings. The van der Waals surface area contributed by atoms with E-state index >= 15 is 0 Å². The molecule has 3 aromatic carbocycles. The lowest BCUT2D eigenvalue weighted by Crippen LogP contribution is -2.42. The second-order valence-electron chi connectivity index (χ2n) is 12.1. The Morgan fingerprint density at radius 2 is 1.76 bits per heavy atom. The summed E-state index contributed by atoms with van der Waals surface area (Å²) in [5, 5.41) is 13.3. The van der Waals surface area contributed by atoms with Gasteiger partial charge in [-0.2, -0.15) is 0 Å². The van der Waals surface area contributed by atoms with Crippen molar-refractivity contribution in [2.45, 2.75) is 58.8 Å². The summed E-state index contributed by atoms with van der Waals surface area (Å²) in [5.41, 5.74) is 6.71. The van der Waals surface area contributed by atoms with Crippen LogP contribution in [-0.4, -0.2) is 52.3 Å². The normalized spacial score (nSPS) is 16.7. The van der Waals surface area contributed by atoms with Gasteiger partial charge in [0.05, 0.1) is 16.8 Å². The van der Waals surface area contributed by atoms with Crippen molar-refractivity contribution in [1.29, 1.82) is 0 Å². The summed E-state index contributed by atoms with van der Waals surface area (Å²) in [4.78, 5) is 32.6. The maximum Gasteiger partial charge on any atom is 0.260 e. The Balaban J connectivity index is 1.33. The molecule has 0 saturated carbocycles. The van der Waals surface area contributed by atoms with Crippen molar-refractivity contribution in [3.63, 3.8) is 0 Å². The molecule has 0 aliphatic carbocycles. The van der Waals surface area contributed by atoms with E-state index in [0.29, 0.717) is 48.8 Å². The Bertz CT molecular complexity index is 1760. The number of fused-ring (bicyclic) bond motifs is 3. The largest absolute Gasteiger partial charge is 0.508 e. The van der Waals surface area contributed by atoms with E-state index in [2.05, 4.69) is 35.9 Å². The SMILES string of the molecule is CCCCN(C(=O)c1cc(-c2cc3c(cc2C(=O)N2Cc4ccccc4C[C@H]2C)OCO3)n2c1CNCC2)c1ccc(O)cc1. The molecule has 1 aromatic heterocycles. The fourth-order valence-corrected chi connectivity index (χ4v) is 6.72. The van der Waals surface area contributed by atoms with Crippen LogP contribution in [0.3, 0.4) is 0 Å². The number of carbonyl (C=O) groups is 2. The number of nitrogens with zero attached hydrogens (tertiary/aromatic N) is 3. The first kappa shape index (κ1) is 29.0. The summed E-state index contributed by atoms with van der Waals surface area (Å²) >= 11 is 0. The standard InChI is InChI=1S/C36H38N4O5/c1-3-4-14-38(26-9-11-27(41)12-10-26)36(43)30-17-31(39-15-13-37-20-32(30)39)28-18-33-34(45-22-44-33)19-29(28)35(42)40-21-25-8-6-5-7-24(25)16-23(40)2/h5-12,17-19,23,37,41H,3-4,13-16,20-22H2,1-2H3/t23-/m1/s1. The first-order chi connectivity index (χ1) is 21.9. The summed E-state index contributed by atoms with van der Waals surface area (Å²) in [6, 6.07) is 20.7. The van der Waals surface area contributed by atoms with Gasteiger partial charge < -0.3 is 34.3 Å². The van der Waals surface area contributed by atoms with Crippen molar-refractivity contribution < 1.29 is 24.2 Å². The summed E-state index contributed by atoms with van der Waals surface area (Å²) in [7, 11) is 0. The quantitative estimate of drug-likeness (QED) is 0.279. The minimum Gasteiger partial charge on any atom is -0.508 e. The average Bonchev–Trinajstić information content (AvgIpc) is 3.69. The van der Waals surface area contributed by atoms with E-state index in [1.807, 2.05) is 29.2 Å². The van der Waals surface area contributed by atoms with E-state index in [1.165, 1.54) is 5.56 Å². The number of hydrogen-bond acceptors (Lipinski definition) is 6. The summed E-state index contributed by atoms with van der Waals surface area (Å²) in [5.74, 6) is 1.11. The van der Waals surface area contributed by atoms with Crippen LogP contribution in [0.5, 0.6) is 17.2 Å². The molecular formula is C36H38N4O5. The van der Waals surface area contributed by atoms with E-state index in [-0.39, 0.29) is 30.4 Å². The Labute approximate surface area is 263 Å². The highest BCUT2D eigenvalue weighted by atomic mass is 16.7. The van der Waals surface area contributed by atoms with Crippen LogP contribution in [0.4, 0.5) is 5.69 Å². The highest BCUT2D eigenvalue weighted by Crippen LogP contribution is 2.42. The molecule has 3 aliphatic heterocycles. The number of rotatable bonds is 7. The molecule has 0 bridgehead atoms. The van der Waals surface area contributed by atoms with Gasteiger partial charge in [0.25, 0.3) is 11.8 Å². The first-order valence-electron chi connectivity index (χ1n) is 15.8. The van der Waals surface area contributed by atoms with Crippen molar-refractivity contribution in [2.75, 3.05) is 24.8 Å². The lowest BCUT2D eigenvalue weighted by Gasteiger charge is -2.35. The second-order valence-corrected chi connectivity index (χ2v) is 12.1. The summed E-state index contributed by atoms with van der Waals surface area (Å²) in [6.45, 7) is 7.30. The van der Waals surface area contributed by atoms with Gasteiger partial charge in [-0.1, -0.05) is 37.6 Å². The molecule has 4 heterocycles. The number of phenols is 1. The lowest BCUT2D eigenvalue weighted by molar-refractivity contribution is 0.0658. The number of benzene rings is 3. The molecule has 0 spiro atoms. The average molecular weight is 607 g/mol. The van der Waals surface area contributed by atoms with Crippen LogP contribution >= 0.6 is 0 Å². The summed E-state index contributed by atoms with van der Waals surface area (Å²) < 4.78 is 13.7. The number of aromatic nitrogens is 1. The molecule has 0 saturated heterocycles. The second kappa shape index (κ2) is 12.0. The molecule has 0 radical (unpaired) electrons. The number of amides is 2. The highest BCUT2D eigenvalue weighted by molar-refractivity contribution is 6.09. The van der Waals surface area contributed by atoms with Gasteiger partial charge in [-0.15, -0.1) is 0 Å². The van der Waals surface area contributed by atoms with Crippen LogP contribution in [0.15, 0.2) is 66.7 Å². The first-order valence-corrected chi connectivity index (χ1v) is 15.8. The maximum absolute atomic E-state index is 14.5. The molecule has 9 nitrogen and oxygen atoms in total.